The van der Waals surface area contributed by atoms with E-state index < -0.39 is 11.3 Å². The number of hydroxylamine groups is 1. The van der Waals surface area contributed by atoms with Gasteiger partial charge in [-0.05, 0) is 36.1 Å². The lowest BCUT2D eigenvalue weighted by Gasteiger charge is -2.31. The number of benzene rings is 2. The molecule has 1 aliphatic heterocycles. The first-order valence-electron chi connectivity index (χ1n) is 10.1. The predicted octanol–water partition coefficient (Wildman–Crippen LogP) is 3.73. The number of ether oxygens (including phenoxy) is 2. The van der Waals surface area contributed by atoms with E-state index in [-0.39, 0.29) is 11.6 Å². The van der Waals surface area contributed by atoms with Crippen LogP contribution in [0.15, 0.2) is 59.5 Å². The summed E-state index contributed by atoms with van der Waals surface area (Å²) in [7, 11) is 1.58. The Balaban J connectivity index is 1.77. The van der Waals surface area contributed by atoms with Crippen LogP contribution in [0.3, 0.4) is 0 Å². The Hall–Kier alpha value is -3.58. The van der Waals surface area contributed by atoms with Crippen LogP contribution in [0.25, 0.3) is 11.3 Å². The van der Waals surface area contributed by atoms with Gasteiger partial charge in [-0.3, -0.25) is 14.8 Å². The number of aromatic nitrogens is 1. The van der Waals surface area contributed by atoms with Gasteiger partial charge in [-0.15, -0.1) is 0 Å². The molecule has 1 aromatic heterocycles. The second-order valence-corrected chi connectivity index (χ2v) is 7.49. The smallest absolute Gasteiger partial charge is 0.280 e. The number of carbonyl (C=O) groups excluding carboxylic acids is 1. The number of hydrogen-bond donors (Lipinski definition) is 2. The summed E-state index contributed by atoms with van der Waals surface area (Å²) in [6.45, 7) is 2.47. The van der Waals surface area contributed by atoms with Crippen molar-refractivity contribution in [2.24, 2.45) is 0 Å². The average Bonchev–Trinajstić information content (AvgIpc) is 2.81. The van der Waals surface area contributed by atoms with Crippen LogP contribution in [0.2, 0.25) is 0 Å². The summed E-state index contributed by atoms with van der Waals surface area (Å²) in [5.41, 5.74) is 4.67. The van der Waals surface area contributed by atoms with E-state index >= 15 is 0 Å². The van der Waals surface area contributed by atoms with E-state index in [1.165, 1.54) is 12.3 Å². The average molecular weight is 420 g/mol. The number of nitrogens with one attached hydrogen (secondary N) is 1. The third-order valence-electron chi connectivity index (χ3n) is 5.65. The molecular formula is C24H24N2O5. The maximum absolute atomic E-state index is 12.5. The Morgan fingerprint density at radius 2 is 1.97 bits per heavy atom. The van der Waals surface area contributed by atoms with E-state index in [9.17, 15) is 9.59 Å². The van der Waals surface area contributed by atoms with Gasteiger partial charge in [0.1, 0.15) is 12.2 Å². The Kier molecular flexibility index (Phi) is 5.77. The second kappa shape index (κ2) is 8.65. The molecule has 0 fully saturated rings. The summed E-state index contributed by atoms with van der Waals surface area (Å²) < 4.78 is 13.5. The summed E-state index contributed by atoms with van der Waals surface area (Å²) in [5, 5.41) is 8.95. The van der Waals surface area contributed by atoms with Crippen LogP contribution in [0.5, 0.6) is 11.5 Å². The quantitative estimate of drug-likeness (QED) is 0.469. The van der Waals surface area contributed by atoms with Gasteiger partial charge in [0.15, 0.2) is 16.9 Å². The van der Waals surface area contributed by atoms with Crippen LogP contribution in [0.1, 0.15) is 40.9 Å². The molecule has 7 heteroatoms. The number of amides is 1. The minimum atomic E-state index is -0.816. The van der Waals surface area contributed by atoms with Gasteiger partial charge in [-0.25, -0.2) is 5.48 Å². The van der Waals surface area contributed by atoms with Gasteiger partial charge in [0.2, 0.25) is 0 Å². The lowest BCUT2D eigenvalue weighted by atomic mass is 9.90. The van der Waals surface area contributed by atoms with Crippen LogP contribution < -0.4 is 20.4 Å². The van der Waals surface area contributed by atoms with Gasteiger partial charge in [-0.2, -0.15) is 0 Å². The van der Waals surface area contributed by atoms with Gasteiger partial charge >= 0.3 is 0 Å². The molecule has 2 heterocycles. The van der Waals surface area contributed by atoms with Crippen molar-refractivity contribution in [3.05, 3.63) is 81.6 Å². The number of rotatable bonds is 6. The molecule has 3 aromatic rings. The molecule has 0 spiro atoms. The summed E-state index contributed by atoms with van der Waals surface area (Å²) in [6, 6.07) is 15.2. The maximum atomic E-state index is 12.5. The van der Waals surface area contributed by atoms with Crippen LogP contribution in [-0.2, 0) is 13.0 Å². The number of fused-ring (bicyclic) bond motifs is 3. The third-order valence-corrected chi connectivity index (χ3v) is 5.65. The normalized spacial score (nSPS) is 14.4. The Labute approximate surface area is 179 Å². The van der Waals surface area contributed by atoms with Gasteiger partial charge in [0.25, 0.3) is 5.91 Å². The molecule has 2 N–H and O–H groups in total. The van der Waals surface area contributed by atoms with Crippen molar-refractivity contribution in [1.29, 1.82) is 0 Å². The minimum Gasteiger partial charge on any atom is -0.493 e. The molecule has 1 atom stereocenters. The lowest BCUT2D eigenvalue weighted by molar-refractivity contribution is 0.0704. The number of pyridine rings is 1. The van der Waals surface area contributed by atoms with Crippen molar-refractivity contribution in [1.82, 2.24) is 10.0 Å². The summed E-state index contributed by atoms with van der Waals surface area (Å²) in [4.78, 5) is 24.4. The Morgan fingerprint density at radius 3 is 2.65 bits per heavy atom. The molecule has 7 nitrogen and oxygen atoms in total. The molecular weight excluding hydrogens is 396 g/mol. The van der Waals surface area contributed by atoms with Crippen LogP contribution in [0, 0.1) is 0 Å². The first-order valence-corrected chi connectivity index (χ1v) is 10.1. The molecule has 1 unspecified atom stereocenters. The third kappa shape index (κ3) is 3.92. The minimum absolute atomic E-state index is 0.0590. The first-order chi connectivity index (χ1) is 15.0. The Bertz CT molecular complexity index is 1170. The number of methoxy groups -OCH3 is 1. The Morgan fingerprint density at radius 1 is 1.19 bits per heavy atom. The molecule has 2 aromatic carbocycles. The van der Waals surface area contributed by atoms with E-state index in [0.29, 0.717) is 30.2 Å². The van der Waals surface area contributed by atoms with Gasteiger partial charge in [0.05, 0.1) is 12.8 Å². The fourth-order valence-electron chi connectivity index (χ4n) is 4.01. The van der Waals surface area contributed by atoms with Gasteiger partial charge in [0, 0.05) is 23.9 Å². The molecule has 31 heavy (non-hydrogen) atoms. The highest BCUT2D eigenvalue weighted by molar-refractivity contribution is 5.93. The fourth-order valence-corrected chi connectivity index (χ4v) is 4.01. The summed E-state index contributed by atoms with van der Waals surface area (Å²) >= 11 is 0. The SMILES string of the molecule is CCC1Cc2cc(OCc3ccccc3)c(OC)cc2-c2cc(=O)c(C(=O)NO)cn21. The molecule has 4 rings (SSSR count). The van der Waals surface area contributed by atoms with Crippen LogP contribution >= 0.6 is 0 Å². The summed E-state index contributed by atoms with van der Waals surface area (Å²) in [6.07, 6.45) is 3.04. The van der Waals surface area contributed by atoms with Crippen molar-refractivity contribution >= 4 is 5.91 Å². The largest absolute Gasteiger partial charge is 0.493 e. The van der Waals surface area contributed by atoms with Crippen molar-refractivity contribution in [2.75, 3.05) is 7.11 Å². The molecule has 0 bridgehead atoms. The second-order valence-electron chi connectivity index (χ2n) is 7.49. The molecule has 0 radical (unpaired) electrons. The zero-order chi connectivity index (χ0) is 22.0. The number of nitrogens with zero attached hydrogens (tertiary/aromatic N) is 1. The highest BCUT2D eigenvalue weighted by atomic mass is 16.5. The molecule has 160 valence electrons. The highest BCUT2D eigenvalue weighted by Gasteiger charge is 2.27. The van der Waals surface area contributed by atoms with E-state index in [1.807, 2.05) is 47.0 Å². The van der Waals surface area contributed by atoms with Gasteiger partial charge in [-0.1, -0.05) is 37.3 Å². The summed E-state index contributed by atoms with van der Waals surface area (Å²) in [5.74, 6) is 0.399. The van der Waals surface area contributed by atoms with Crippen molar-refractivity contribution in [3.63, 3.8) is 0 Å². The molecule has 1 amide bonds. The zero-order valence-electron chi connectivity index (χ0n) is 17.4. The van der Waals surface area contributed by atoms with E-state index in [1.54, 1.807) is 12.6 Å². The number of hydrogen-bond acceptors (Lipinski definition) is 5. The maximum Gasteiger partial charge on any atom is 0.280 e. The lowest BCUT2D eigenvalue weighted by Crippen LogP contribution is -2.29. The van der Waals surface area contributed by atoms with E-state index in [2.05, 4.69) is 6.92 Å². The molecule has 0 saturated carbocycles. The van der Waals surface area contributed by atoms with E-state index in [4.69, 9.17) is 14.7 Å². The number of carbonyl (C=O) groups is 1. The van der Waals surface area contributed by atoms with Crippen molar-refractivity contribution < 1.29 is 19.5 Å². The van der Waals surface area contributed by atoms with Gasteiger partial charge < -0.3 is 14.0 Å². The van der Waals surface area contributed by atoms with E-state index in [0.717, 1.165) is 23.1 Å². The molecule has 0 saturated heterocycles. The fraction of sp³-hybridized carbons (Fsp3) is 0.250. The first kappa shape index (κ1) is 20.7. The zero-order valence-corrected chi connectivity index (χ0v) is 17.4. The highest BCUT2D eigenvalue weighted by Crippen LogP contribution is 2.41. The monoisotopic (exact) mass is 420 g/mol. The molecule has 1 aliphatic rings. The molecule has 0 aliphatic carbocycles. The van der Waals surface area contributed by atoms with Crippen LogP contribution in [-0.4, -0.2) is 22.8 Å². The van der Waals surface area contributed by atoms with Crippen LogP contribution in [0.4, 0.5) is 0 Å². The predicted molar refractivity (Wildman–Crippen MR) is 116 cm³/mol. The van der Waals surface area contributed by atoms with Crippen molar-refractivity contribution in [2.45, 2.75) is 32.4 Å². The topological polar surface area (TPSA) is 89.8 Å². The standard InChI is InChI=1S/C24H24N2O5/c1-3-17-9-16-10-23(31-14-15-7-5-4-6-8-15)22(30-2)11-18(16)20-12-21(27)19(13-26(17)20)24(28)25-29/h4-8,10-13,17,29H,3,9,14H2,1-2H3,(H,25,28). The van der Waals surface area contributed by atoms with Crippen molar-refractivity contribution in [3.8, 4) is 22.8 Å².